The van der Waals surface area contributed by atoms with Gasteiger partial charge in [0.05, 0.1) is 5.56 Å². The molecule has 0 unspecified atom stereocenters. The Bertz CT molecular complexity index is 508. The van der Waals surface area contributed by atoms with Crippen LogP contribution >= 0.6 is 0 Å². The Morgan fingerprint density at radius 1 is 0.880 bits per heavy atom. The molecule has 0 aliphatic heterocycles. The quantitative estimate of drug-likeness (QED) is 0.533. The highest BCUT2D eigenvalue weighted by Crippen LogP contribution is 2.20. The smallest absolute Gasteiger partial charge is 0.501 e. The molecule has 25 heavy (non-hydrogen) atoms. The van der Waals surface area contributed by atoms with Gasteiger partial charge in [-0.25, -0.2) is 4.79 Å². The number of benzene rings is 1. The van der Waals surface area contributed by atoms with Crippen LogP contribution in [0, 0.1) is 0 Å². The molecular formula is C18H32O5Si2. The Morgan fingerprint density at radius 3 is 1.76 bits per heavy atom. The van der Waals surface area contributed by atoms with E-state index in [1.165, 1.54) is 0 Å². The van der Waals surface area contributed by atoms with E-state index in [-0.39, 0.29) is 5.97 Å². The van der Waals surface area contributed by atoms with Crippen molar-refractivity contribution in [2.75, 3.05) is 19.8 Å². The highest BCUT2D eigenvalue weighted by Gasteiger charge is 2.39. The fourth-order valence-corrected chi connectivity index (χ4v) is 5.71. The Balaban J connectivity index is 2.74. The minimum atomic E-state index is -2.63. The van der Waals surface area contributed by atoms with E-state index < -0.39 is 17.1 Å². The average Bonchev–Trinajstić information content (AvgIpc) is 2.52. The summed E-state index contributed by atoms with van der Waals surface area (Å²) in [6.45, 7) is 13.6. The molecule has 0 fully saturated rings. The number of carbonyl (C=O) groups is 1. The molecule has 0 atom stereocenters. The van der Waals surface area contributed by atoms with Crippen LogP contribution in [0.5, 0.6) is 0 Å². The summed E-state index contributed by atoms with van der Waals surface area (Å²) >= 11 is 0. The average molecular weight is 385 g/mol. The molecule has 0 N–H and O–H groups in total. The molecule has 0 spiro atoms. The summed E-state index contributed by atoms with van der Waals surface area (Å²) in [6, 6.07) is 8.29. The van der Waals surface area contributed by atoms with Crippen molar-refractivity contribution in [3.63, 3.8) is 0 Å². The van der Waals surface area contributed by atoms with Crippen molar-refractivity contribution in [3.8, 4) is 0 Å². The van der Waals surface area contributed by atoms with Gasteiger partial charge in [0, 0.05) is 25.9 Å². The normalized spacial score (nSPS) is 12.2. The van der Waals surface area contributed by atoms with E-state index in [4.69, 9.17) is 17.7 Å². The molecule has 0 bridgehead atoms. The zero-order valence-electron chi connectivity index (χ0n) is 16.4. The zero-order valence-corrected chi connectivity index (χ0v) is 18.4. The molecule has 0 amide bonds. The topological polar surface area (TPSA) is 54.0 Å². The number of carbonyl (C=O) groups excluding carboxylic acids is 1. The standard InChI is InChI=1S/C18H32O5Si2/c1-7-20-25(21-8-2,22-9-3)15-14-16-10-12-17(13-11-16)18(19)23-24(4,5)6/h10-13H,7-9,14-15H2,1-6H3. The maximum Gasteiger partial charge on any atom is 0.501 e. The second kappa shape index (κ2) is 10.2. The van der Waals surface area contributed by atoms with Crippen LogP contribution in [0.25, 0.3) is 0 Å². The van der Waals surface area contributed by atoms with Crippen LogP contribution in [0.2, 0.25) is 25.7 Å². The molecule has 0 aromatic heterocycles. The third-order valence-corrected chi connectivity index (χ3v) is 7.25. The van der Waals surface area contributed by atoms with Gasteiger partial charge in [0.2, 0.25) is 8.32 Å². The van der Waals surface area contributed by atoms with E-state index in [1.54, 1.807) is 0 Å². The van der Waals surface area contributed by atoms with E-state index in [2.05, 4.69) is 0 Å². The first-order chi connectivity index (χ1) is 11.7. The lowest BCUT2D eigenvalue weighted by Gasteiger charge is -2.28. The van der Waals surface area contributed by atoms with Gasteiger partial charge in [-0.05, 0) is 64.5 Å². The van der Waals surface area contributed by atoms with Gasteiger partial charge >= 0.3 is 14.8 Å². The summed E-state index contributed by atoms with van der Waals surface area (Å²) in [7, 11) is -4.51. The number of aryl methyl sites for hydroxylation is 1. The van der Waals surface area contributed by atoms with Gasteiger partial charge < -0.3 is 17.7 Å². The van der Waals surface area contributed by atoms with E-state index in [9.17, 15) is 4.79 Å². The Labute approximate surface area is 154 Å². The summed E-state index contributed by atoms with van der Waals surface area (Å²) in [5.41, 5.74) is 1.72. The maximum absolute atomic E-state index is 12.1. The first kappa shape index (κ1) is 22.0. The van der Waals surface area contributed by atoms with Gasteiger partial charge in [-0.15, -0.1) is 0 Å². The number of hydrogen-bond acceptors (Lipinski definition) is 5. The lowest BCUT2D eigenvalue weighted by molar-refractivity contribution is 0.0707. The van der Waals surface area contributed by atoms with E-state index in [1.807, 2.05) is 64.7 Å². The van der Waals surface area contributed by atoms with Crippen LogP contribution in [0.1, 0.15) is 36.7 Å². The highest BCUT2D eigenvalue weighted by atomic mass is 28.4. The molecule has 5 nitrogen and oxygen atoms in total. The van der Waals surface area contributed by atoms with Gasteiger partial charge in [0.15, 0.2) is 0 Å². The largest absolute Gasteiger partial charge is 0.516 e. The Morgan fingerprint density at radius 2 is 1.36 bits per heavy atom. The van der Waals surface area contributed by atoms with Crippen LogP contribution < -0.4 is 0 Å². The zero-order chi connectivity index (χ0) is 18.9. The molecule has 1 aromatic carbocycles. The molecule has 7 heteroatoms. The minimum absolute atomic E-state index is 0.243. The molecule has 142 valence electrons. The number of hydrogen-bond donors (Lipinski definition) is 0. The van der Waals surface area contributed by atoms with Crippen LogP contribution in [0.3, 0.4) is 0 Å². The fraction of sp³-hybridized carbons (Fsp3) is 0.611. The summed E-state index contributed by atoms with van der Waals surface area (Å²) in [5, 5.41) is 0. The van der Waals surface area contributed by atoms with Crippen molar-refractivity contribution >= 4 is 23.1 Å². The lowest BCUT2D eigenvalue weighted by Crippen LogP contribution is -2.46. The van der Waals surface area contributed by atoms with Crippen LogP contribution in [0.4, 0.5) is 0 Å². The van der Waals surface area contributed by atoms with Gasteiger partial charge in [0.1, 0.15) is 0 Å². The molecule has 0 heterocycles. The molecule has 0 saturated heterocycles. The van der Waals surface area contributed by atoms with Gasteiger partial charge in [-0.3, -0.25) is 0 Å². The van der Waals surface area contributed by atoms with Crippen LogP contribution in [-0.2, 0) is 24.1 Å². The Kier molecular flexibility index (Phi) is 9.02. The fourth-order valence-electron chi connectivity index (χ4n) is 2.44. The second-order valence-electron chi connectivity index (χ2n) is 6.68. The molecule has 1 aromatic rings. The van der Waals surface area contributed by atoms with E-state index >= 15 is 0 Å². The third kappa shape index (κ3) is 7.83. The van der Waals surface area contributed by atoms with E-state index in [0.29, 0.717) is 25.4 Å². The van der Waals surface area contributed by atoms with E-state index in [0.717, 1.165) is 18.0 Å². The van der Waals surface area contributed by atoms with Crippen molar-refractivity contribution in [3.05, 3.63) is 35.4 Å². The third-order valence-electron chi connectivity index (χ3n) is 3.40. The summed E-state index contributed by atoms with van der Waals surface area (Å²) in [5.74, 6) is -0.243. The molecule has 0 radical (unpaired) electrons. The van der Waals surface area contributed by atoms with Crippen LogP contribution in [-0.4, -0.2) is 42.9 Å². The first-order valence-electron chi connectivity index (χ1n) is 8.99. The summed E-state index contributed by atoms with van der Waals surface area (Å²) in [4.78, 5) is 12.1. The lowest BCUT2D eigenvalue weighted by atomic mass is 10.1. The summed E-state index contributed by atoms with van der Waals surface area (Å²) < 4.78 is 23.1. The van der Waals surface area contributed by atoms with Crippen molar-refractivity contribution in [1.29, 1.82) is 0 Å². The Hall–Kier alpha value is -0.996. The van der Waals surface area contributed by atoms with Crippen molar-refractivity contribution < 1.29 is 22.5 Å². The highest BCUT2D eigenvalue weighted by molar-refractivity contribution is 6.71. The van der Waals surface area contributed by atoms with Gasteiger partial charge in [-0.1, -0.05) is 12.1 Å². The molecule has 1 rings (SSSR count). The van der Waals surface area contributed by atoms with Crippen LogP contribution in [0.15, 0.2) is 24.3 Å². The van der Waals surface area contributed by atoms with Gasteiger partial charge in [0.25, 0.3) is 0 Å². The predicted octanol–water partition coefficient (Wildman–Crippen LogP) is 4.27. The van der Waals surface area contributed by atoms with Crippen molar-refractivity contribution in [2.45, 2.75) is 52.9 Å². The maximum atomic E-state index is 12.1. The molecule has 0 aliphatic carbocycles. The summed E-state index contributed by atoms with van der Waals surface area (Å²) in [6.07, 6.45) is 0.787. The molecule has 0 aliphatic rings. The van der Waals surface area contributed by atoms with Gasteiger partial charge in [-0.2, -0.15) is 0 Å². The predicted molar refractivity (Wildman–Crippen MR) is 104 cm³/mol. The minimum Gasteiger partial charge on any atom is -0.516 e. The van der Waals surface area contributed by atoms with Crippen molar-refractivity contribution in [1.82, 2.24) is 0 Å². The SMILES string of the molecule is CCO[Si](CCc1ccc(C(=O)O[Si](C)(C)C)cc1)(OCC)OCC. The monoisotopic (exact) mass is 384 g/mol. The van der Waals surface area contributed by atoms with Crippen molar-refractivity contribution in [2.24, 2.45) is 0 Å². The number of rotatable bonds is 11. The first-order valence-corrected chi connectivity index (χ1v) is 14.3. The second-order valence-corrected chi connectivity index (χ2v) is 13.8. The molecular weight excluding hydrogens is 352 g/mol. The molecule has 0 saturated carbocycles.